The van der Waals surface area contributed by atoms with E-state index in [0.29, 0.717) is 46.9 Å². The van der Waals surface area contributed by atoms with Gasteiger partial charge in [-0.25, -0.2) is 4.79 Å². The van der Waals surface area contributed by atoms with Crippen molar-refractivity contribution in [2.45, 2.75) is 79.9 Å². The number of hydrogen-bond acceptors (Lipinski definition) is 6. The molecule has 0 fully saturated rings. The Kier molecular flexibility index (Phi) is 7.82. The Morgan fingerprint density at radius 1 is 1.14 bits per heavy atom. The van der Waals surface area contributed by atoms with E-state index < -0.39 is 17.6 Å². The van der Waals surface area contributed by atoms with Crippen LogP contribution >= 0.6 is 0 Å². The molecule has 1 atom stereocenters. The lowest BCUT2D eigenvalue weighted by Crippen LogP contribution is -2.51. The summed E-state index contributed by atoms with van der Waals surface area (Å²) in [5.41, 5.74) is 1.73. The lowest BCUT2D eigenvalue weighted by Gasteiger charge is -2.33. The van der Waals surface area contributed by atoms with Crippen molar-refractivity contribution in [3.05, 3.63) is 33.2 Å². The first kappa shape index (κ1) is 26.6. The van der Waals surface area contributed by atoms with Gasteiger partial charge in [0.1, 0.15) is 28.7 Å². The Bertz CT molecular complexity index is 1180. The van der Waals surface area contributed by atoms with Crippen molar-refractivity contribution in [1.29, 1.82) is 0 Å². The van der Waals surface area contributed by atoms with E-state index in [4.69, 9.17) is 13.9 Å². The highest BCUT2D eigenvalue weighted by atomic mass is 16.5. The molecule has 1 aromatic carbocycles. The van der Waals surface area contributed by atoms with Crippen molar-refractivity contribution in [3.8, 4) is 11.5 Å². The van der Waals surface area contributed by atoms with Gasteiger partial charge in [-0.1, -0.05) is 27.7 Å². The predicted molar refractivity (Wildman–Crippen MR) is 135 cm³/mol. The van der Waals surface area contributed by atoms with Gasteiger partial charge in [-0.2, -0.15) is 0 Å². The molecule has 2 N–H and O–H groups in total. The average molecular weight is 487 g/mol. The van der Waals surface area contributed by atoms with Crippen LogP contribution in [-0.2, 0) is 16.0 Å². The molecule has 3 rings (SSSR count). The molecule has 1 aliphatic heterocycles. The molecule has 0 spiro atoms. The summed E-state index contributed by atoms with van der Waals surface area (Å²) >= 11 is 0. The van der Waals surface area contributed by atoms with Gasteiger partial charge in [-0.15, -0.1) is 0 Å². The molecule has 1 aliphatic rings. The summed E-state index contributed by atoms with van der Waals surface area (Å²) in [5.74, 6) is 0.574. The summed E-state index contributed by atoms with van der Waals surface area (Å²) in [4.78, 5) is 37.8. The molecule has 0 radical (unpaired) electrons. The maximum atomic E-state index is 12.8. The van der Waals surface area contributed by atoms with E-state index >= 15 is 0 Å². The predicted octanol–water partition coefficient (Wildman–Crippen LogP) is 3.81. The normalized spacial score (nSPS) is 15.5. The minimum absolute atomic E-state index is 0.0921. The second kappa shape index (κ2) is 10.3. The quantitative estimate of drug-likeness (QED) is 0.550. The van der Waals surface area contributed by atoms with Crippen molar-refractivity contribution in [2.24, 2.45) is 11.8 Å². The molecule has 1 aromatic heterocycles. The Hall–Kier alpha value is -3.03. The highest BCUT2D eigenvalue weighted by molar-refractivity contribution is 5.93. The van der Waals surface area contributed by atoms with E-state index in [0.717, 1.165) is 17.5 Å². The fourth-order valence-electron chi connectivity index (χ4n) is 4.15. The van der Waals surface area contributed by atoms with Gasteiger partial charge in [0.05, 0.1) is 5.39 Å². The van der Waals surface area contributed by atoms with E-state index in [1.807, 2.05) is 48.5 Å². The number of ether oxygens (including phenoxy) is 2. The Morgan fingerprint density at radius 3 is 2.46 bits per heavy atom. The average Bonchev–Trinajstić information content (AvgIpc) is 2.76. The van der Waals surface area contributed by atoms with Crippen LogP contribution in [0.15, 0.2) is 15.3 Å². The maximum Gasteiger partial charge on any atom is 0.339 e. The number of carbonyl (C=O) groups is 2. The van der Waals surface area contributed by atoms with Gasteiger partial charge < -0.3 is 24.5 Å². The van der Waals surface area contributed by atoms with Crippen LogP contribution in [0.3, 0.4) is 0 Å². The number of aryl methyl sites for hydroxylation is 2. The molecular formula is C27H38N2O6. The Morgan fingerprint density at radius 2 is 1.83 bits per heavy atom. The van der Waals surface area contributed by atoms with Crippen LogP contribution in [0.25, 0.3) is 11.0 Å². The fourth-order valence-corrected chi connectivity index (χ4v) is 4.15. The molecular weight excluding hydrogens is 448 g/mol. The molecule has 2 aromatic rings. The number of amides is 2. The van der Waals surface area contributed by atoms with Gasteiger partial charge in [-0.3, -0.25) is 9.59 Å². The number of fused-ring (bicyclic) bond motifs is 3. The minimum Gasteiger partial charge on any atom is -0.487 e. The number of hydrogen-bond donors (Lipinski definition) is 2. The first-order chi connectivity index (χ1) is 16.3. The number of nitrogens with one attached hydrogen (secondary N) is 2. The van der Waals surface area contributed by atoms with Crippen molar-refractivity contribution in [2.75, 3.05) is 13.2 Å². The van der Waals surface area contributed by atoms with Crippen LogP contribution in [0.1, 0.15) is 64.7 Å². The lowest BCUT2D eigenvalue weighted by molar-refractivity contribution is -0.131. The molecule has 192 valence electrons. The summed E-state index contributed by atoms with van der Waals surface area (Å²) < 4.78 is 17.8. The van der Waals surface area contributed by atoms with Crippen LogP contribution in [0.4, 0.5) is 0 Å². The molecule has 0 unspecified atom stereocenters. The Labute approximate surface area is 206 Å². The third kappa shape index (κ3) is 5.97. The molecule has 0 aliphatic carbocycles. The standard InChI is InChI=1S/C27H38N2O6/c1-14(2)12-28-25(31)23(15(3)4)29-21(30)13-33-20-11-19-18(9-10-27(7,8)35-19)24-22(20)16(5)17(6)26(32)34-24/h11,14-15,23H,9-10,12-13H2,1-8H3,(H,28,31)(H,29,30)/t23-/m0/s1. The van der Waals surface area contributed by atoms with Crippen LogP contribution in [0.5, 0.6) is 11.5 Å². The number of rotatable bonds is 8. The zero-order valence-electron chi connectivity index (χ0n) is 22.1. The van der Waals surface area contributed by atoms with Gasteiger partial charge in [0.2, 0.25) is 5.91 Å². The zero-order valence-corrected chi connectivity index (χ0v) is 22.1. The van der Waals surface area contributed by atoms with Gasteiger partial charge in [0, 0.05) is 23.7 Å². The summed E-state index contributed by atoms with van der Waals surface area (Å²) in [6.45, 7) is 15.6. The van der Waals surface area contributed by atoms with Crippen molar-refractivity contribution >= 4 is 22.8 Å². The summed E-state index contributed by atoms with van der Waals surface area (Å²) in [7, 11) is 0. The molecule has 0 saturated heterocycles. The third-order valence-electron chi connectivity index (χ3n) is 6.42. The molecule has 0 saturated carbocycles. The van der Waals surface area contributed by atoms with E-state index in [1.165, 1.54) is 0 Å². The smallest absolute Gasteiger partial charge is 0.339 e. The first-order valence-corrected chi connectivity index (χ1v) is 12.3. The third-order valence-corrected chi connectivity index (χ3v) is 6.42. The van der Waals surface area contributed by atoms with Crippen molar-refractivity contribution < 1.29 is 23.5 Å². The van der Waals surface area contributed by atoms with E-state index in [9.17, 15) is 14.4 Å². The van der Waals surface area contributed by atoms with Crippen LogP contribution < -0.4 is 25.7 Å². The van der Waals surface area contributed by atoms with E-state index in [2.05, 4.69) is 10.6 Å². The van der Waals surface area contributed by atoms with Crippen LogP contribution in [0, 0.1) is 25.7 Å². The number of benzene rings is 1. The molecule has 8 nitrogen and oxygen atoms in total. The lowest BCUT2D eigenvalue weighted by atomic mass is 9.92. The second-order valence-corrected chi connectivity index (χ2v) is 10.8. The minimum atomic E-state index is -0.670. The van der Waals surface area contributed by atoms with Gasteiger partial charge in [0.15, 0.2) is 6.61 Å². The van der Waals surface area contributed by atoms with Crippen LogP contribution in [-0.4, -0.2) is 36.6 Å². The Balaban J connectivity index is 1.88. The van der Waals surface area contributed by atoms with Gasteiger partial charge >= 0.3 is 5.63 Å². The first-order valence-electron chi connectivity index (χ1n) is 12.3. The SMILES string of the molecule is Cc1c(C)c2c(OCC(=O)N[C@H](C(=O)NCC(C)C)C(C)C)cc3c(c2oc1=O)CCC(C)(C)O3. The topological polar surface area (TPSA) is 107 Å². The largest absolute Gasteiger partial charge is 0.487 e. The van der Waals surface area contributed by atoms with E-state index in [-0.39, 0.29) is 24.0 Å². The molecule has 35 heavy (non-hydrogen) atoms. The van der Waals surface area contributed by atoms with Crippen molar-refractivity contribution in [1.82, 2.24) is 10.6 Å². The van der Waals surface area contributed by atoms with E-state index in [1.54, 1.807) is 13.0 Å². The maximum absolute atomic E-state index is 12.8. The molecule has 2 heterocycles. The van der Waals surface area contributed by atoms with Crippen molar-refractivity contribution in [3.63, 3.8) is 0 Å². The zero-order chi connectivity index (χ0) is 26.1. The fraction of sp³-hybridized carbons (Fsp3) is 0.593. The highest BCUT2D eigenvalue weighted by Crippen LogP contribution is 2.43. The summed E-state index contributed by atoms with van der Waals surface area (Å²) in [5, 5.41) is 6.32. The number of carbonyl (C=O) groups excluding carboxylic acids is 2. The second-order valence-electron chi connectivity index (χ2n) is 10.8. The molecule has 2 amide bonds. The molecule has 0 bridgehead atoms. The summed E-state index contributed by atoms with van der Waals surface area (Å²) in [6, 6.07) is 1.10. The monoisotopic (exact) mass is 486 g/mol. The highest BCUT2D eigenvalue weighted by Gasteiger charge is 2.31. The van der Waals surface area contributed by atoms with Gasteiger partial charge in [-0.05, 0) is 57.9 Å². The van der Waals surface area contributed by atoms with Crippen LogP contribution in [0.2, 0.25) is 0 Å². The molecule has 8 heteroatoms. The van der Waals surface area contributed by atoms with Gasteiger partial charge in [0.25, 0.3) is 5.91 Å². The summed E-state index contributed by atoms with van der Waals surface area (Å²) in [6.07, 6.45) is 1.48.